The van der Waals surface area contributed by atoms with Gasteiger partial charge in [-0.2, -0.15) is 0 Å². The molecule has 0 bridgehead atoms. The average Bonchev–Trinajstić information content (AvgIpc) is 3.23. The highest BCUT2D eigenvalue weighted by molar-refractivity contribution is 7.19. The number of carbonyl (C=O) groups is 2. The van der Waals surface area contributed by atoms with E-state index in [0.29, 0.717) is 29.8 Å². The molecule has 1 aromatic carbocycles. The number of nitrogens with one attached hydrogen (secondary N) is 1. The second-order valence-corrected chi connectivity index (χ2v) is 6.71. The molecule has 0 aliphatic carbocycles. The van der Waals surface area contributed by atoms with E-state index < -0.39 is 0 Å². The van der Waals surface area contributed by atoms with Gasteiger partial charge in [0, 0.05) is 26.6 Å². The van der Waals surface area contributed by atoms with Gasteiger partial charge < -0.3 is 10.2 Å². The van der Waals surface area contributed by atoms with E-state index in [1.165, 1.54) is 23.5 Å². The van der Waals surface area contributed by atoms with E-state index >= 15 is 0 Å². The van der Waals surface area contributed by atoms with E-state index in [9.17, 15) is 14.0 Å². The second-order valence-electron chi connectivity index (χ2n) is 5.78. The first kappa shape index (κ1) is 17.3. The largest absolute Gasteiger partial charge is 0.350 e. The van der Waals surface area contributed by atoms with Gasteiger partial charge in [-0.25, -0.2) is 4.39 Å². The van der Waals surface area contributed by atoms with Crippen molar-refractivity contribution in [2.24, 2.45) is 0 Å². The monoisotopic (exact) mass is 363 g/mol. The topological polar surface area (TPSA) is 78.4 Å². The fourth-order valence-electron chi connectivity index (χ4n) is 2.46. The van der Waals surface area contributed by atoms with Crippen LogP contribution in [-0.4, -0.2) is 42.1 Å². The summed E-state index contributed by atoms with van der Waals surface area (Å²) >= 11 is 1.29. The molecule has 1 aliphatic heterocycles. The molecule has 0 radical (unpaired) electrons. The van der Waals surface area contributed by atoms with Gasteiger partial charge in [0.05, 0.1) is 6.54 Å². The molecule has 1 aliphatic rings. The van der Waals surface area contributed by atoms with Crippen molar-refractivity contribution in [1.82, 2.24) is 15.5 Å². The minimum Gasteiger partial charge on any atom is -0.350 e. The van der Waals surface area contributed by atoms with Crippen LogP contribution in [0.5, 0.6) is 0 Å². The van der Waals surface area contributed by atoms with Crippen LogP contribution in [0.2, 0.25) is 0 Å². The van der Waals surface area contributed by atoms with E-state index in [4.69, 9.17) is 0 Å². The molecule has 0 atom stereocenters. The van der Waals surface area contributed by atoms with Gasteiger partial charge in [0.15, 0.2) is 0 Å². The van der Waals surface area contributed by atoms with Crippen molar-refractivity contribution in [3.05, 3.63) is 35.6 Å². The molecule has 3 rings (SSSR count). The lowest BCUT2D eigenvalue weighted by molar-refractivity contribution is -0.120. The molecule has 0 spiro atoms. The third-order valence-corrected chi connectivity index (χ3v) is 4.88. The van der Waals surface area contributed by atoms with E-state index in [-0.39, 0.29) is 24.2 Å². The van der Waals surface area contributed by atoms with Gasteiger partial charge in [-0.05, 0) is 24.1 Å². The van der Waals surface area contributed by atoms with Gasteiger partial charge in [-0.3, -0.25) is 14.5 Å². The van der Waals surface area contributed by atoms with Crippen molar-refractivity contribution >= 4 is 33.4 Å². The second kappa shape index (κ2) is 7.56. The molecule has 1 aromatic heterocycles. The maximum Gasteiger partial charge on any atom is 0.239 e. The van der Waals surface area contributed by atoms with E-state index in [1.807, 2.05) is 0 Å². The molecule has 0 saturated carbocycles. The molecule has 2 amide bonds. The van der Waals surface area contributed by atoms with Crippen molar-refractivity contribution in [3.63, 3.8) is 0 Å². The summed E-state index contributed by atoms with van der Waals surface area (Å²) in [4.78, 5) is 27.1. The van der Waals surface area contributed by atoms with Crippen LogP contribution >= 0.6 is 11.3 Å². The van der Waals surface area contributed by atoms with Crippen molar-refractivity contribution < 1.29 is 14.0 Å². The molecule has 2 heterocycles. The number of aromatic nitrogens is 2. The lowest BCUT2D eigenvalue weighted by Gasteiger charge is -2.15. The van der Waals surface area contributed by atoms with Crippen LogP contribution in [0.3, 0.4) is 0 Å². The number of rotatable bonds is 6. The van der Waals surface area contributed by atoms with Crippen LogP contribution in [0.1, 0.15) is 18.4 Å². The van der Waals surface area contributed by atoms with Crippen LogP contribution in [0.4, 0.5) is 14.7 Å². The average molecular weight is 363 g/mol. The molecule has 132 valence electrons. The van der Waals surface area contributed by atoms with Crippen molar-refractivity contribution in [3.8, 4) is 0 Å². The Bertz CT molecular complexity index is 764. The SMILES string of the molecule is CN(CC(=O)NCc1ccc(F)cc1)c1nnc(N2CCCC2=O)s1. The molecule has 1 saturated heterocycles. The lowest BCUT2D eigenvalue weighted by Crippen LogP contribution is -2.34. The summed E-state index contributed by atoms with van der Waals surface area (Å²) in [6.45, 7) is 1.11. The number of hydrogen-bond donors (Lipinski definition) is 1. The van der Waals surface area contributed by atoms with Crippen molar-refractivity contribution in [2.75, 3.05) is 29.9 Å². The number of benzene rings is 1. The summed E-state index contributed by atoms with van der Waals surface area (Å²) in [6.07, 6.45) is 1.37. The number of nitrogens with zero attached hydrogens (tertiary/aromatic N) is 4. The van der Waals surface area contributed by atoms with Crippen LogP contribution < -0.4 is 15.1 Å². The Kier molecular flexibility index (Phi) is 5.22. The van der Waals surface area contributed by atoms with Crippen LogP contribution in [0.15, 0.2) is 24.3 Å². The summed E-state index contributed by atoms with van der Waals surface area (Å²) in [5.74, 6) is -0.429. The maximum atomic E-state index is 12.9. The normalized spacial score (nSPS) is 14.0. The Morgan fingerprint density at radius 2 is 2.12 bits per heavy atom. The van der Waals surface area contributed by atoms with E-state index in [0.717, 1.165) is 12.0 Å². The first-order valence-corrected chi connectivity index (χ1v) is 8.71. The van der Waals surface area contributed by atoms with Gasteiger partial charge in [0.1, 0.15) is 5.82 Å². The van der Waals surface area contributed by atoms with Gasteiger partial charge in [-0.15, -0.1) is 10.2 Å². The minimum absolute atomic E-state index is 0.0578. The number of carbonyl (C=O) groups excluding carboxylic acids is 2. The zero-order valence-corrected chi connectivity index (χ0v) is 14.6. The third kappa shape index (κ3) is 4.30. The standard InChI is InChI=1S/C16H18FN5O2S/c1-21(10-13(23)18-9-11-4-6-12(17)7-5-11)15-19-20-16(25-15)22-8-2-3-14(22)24/h4-7H,2-3,8-10H2,1H3,(H,18,23). The zero-order chi connectivity index (χ0) is 17.8. The van der Waals surface area contributed by atoms with Crippen LogP contribution in [-0.2, 0) is 16.1 Å². The Hall–Kier alpha value is -2.55. The highest BCUT2D eigenvalue weighted by Gasteiger charge is 2.25. The summed E-state index contributed by atoms with van der Waals surface area (Å²) in [5, 5.41) is 12.0. The quantitative estimate of drug-likeness (QED) is 0.843. The summed E-state index contributed by atoms with van der Waals surface area (Å²) < 4.78 is 12.9. The van der Waals surface area contributed by atoms with Gasteiger partial charge in [0.2, 0.25) is 22.1 Å². The highest BCUT2D eigenvalue weighted by Crippen LogP contribution is 2.29. The molecule has 1 fully saturated rings. The molecular weight excluding hydrogens is 345 g/mol. The van der Waals surface area contributed by atoms with Gasteiger partial charge in [-0.1, -0.05) is 23.5 Å². The predicted molar refractivity (Wildman–Crippen MR) is 93.0 cm³/mol. The minimum atomic E-state index is -0.307. The maximum absolute atomic E-state index is 12.9. The molecular formula is C16H18FN5O2S. The highest BCUT2D eigenvalue weighted by atomic mass is 32.1. The molecule has 7 nitrogen and oxygen atoms in total. The Balaban J connectivity index is 1.52. The number of likely N-dealkylation sites (N-methyl/N-ethyl adjacent to an activating group) is 1. The summed E-state index contributed by atoms with van der Waals surface area (Å²) in [5.41, 5.74) is 0.822. The Morgan fingerprint density at radius 1 is 1.36 bits per heavy atom. The summed E-state index contributed by atoms with van der Waals surface area (Å²) in [7, 11) is 1.74. The number of hydrogen-bond acceptors (Lipinski definition) is 6. The van der Waals surface area contributed by atoms with Crippen LogP contribution in [0, 0.1) is 5.82 Å². The summed E-state index contributed by atoms with van der Waals surface area (Å²) in [6, 6.07) is 5.97. The van der Waals surface area contributed by atoms with Crippen LogP contribution in [0.25, 0.3) is 0 Å². The molecule has 1 N–H and O–H groups in total. The molecule has 9 heteroatoms. The van der Waals surface area contributed by atoms with E-state index in [1.54, 1.807) is 29.0 Å². The first-order valence-electron chi connectivity index (χ1n) is 7.89. The lowest BCUT2D eigenvalue weighted by atomic mass is 10.2. The fraction of sp³-hybridized carbons (Fsp3) is 0.375. The van der Waals surface area contributed by atoms with Crippen molar-refractivity contribution in [1.29, 1.82) is 0 Å². The van der Waals surface area contributed by atoms with Gasteiger partial charge in [0.25, 0.3) is 0 Å². The first-order chi connectivity index (χ1) is 12.0. The smallest absolute Gasteiger partial charge is 0.239 e. The van der Waals surface area contributed by atoms with Gasteiger partial charge >= 0.3 is 0 Å². The molecule has 0 unspecified atom stereocenters. The zero-order valence-electron chi connectivity index (χ0n) is 13.7. The van der Waals surface area contributed by atoms with Crippen molar-refractivity contribution in [2.45, 2.75) is 19.4 Å². The molecule has 2 aromatic rings. The number of amides is 2. The third-order valence-electron chi connectivity index (χ3n) is 3.82. The fourth-order valence-corrected chi connectivity index (χ4v) is 3.31. The Labute approximate surface area is 148 Å². The number of anilines is 2. The Morgan fingerprint density at radius 3 is 2.80 bits per heavy atom. The van der Waals surface area contributed by atoms with E-state index in [2.05, 4.69) is 15.5 Å². The predicted octanol–water partition coefficient (Wildman–Crippen LogP) is 1.56. The molecule has 25 heavy (non-hydrogen) atoms. The number of halogens is 1.